The van der Waals surface area contributed by atoms with Crippen molar-refractivity contribution in [3.63, 3.8) is 0 Å². The van der Waals surface area contributed by atoms with Gasteiger partial charge in [-0.15, -0.1) is 0 Å². The smallest absolute Gasteiger partial charge is 0.416 e. The number of unbranched alkanes of at least 4 members (excludes halogenated alkanes) is 2. The third kappa shape index (κ3) is 10.1. The van der Waals surface area contributed by atoms with Crippen LogP contribution in [-0.2, 0) is 37.1 Å². The summed E-state index contributed by atoms with van der Waals surface area (Å²) in [4.78, 5) is 53.8. The van der Waals surface area contributed by atoms with E-state index in [4.69, 9.17) is 4.74 Å². The standard InChI is InChI=1S/C40H42F3N3O5/c1-3-5-24-44-37(49)39(30-12-8-7-9-13-30,38(50)45-25-6-4-2)27-51-35(47)26-28-16-22-32(23-17-28)46-36(48)34-15-11-10-14-33(34)29-18-20-31(21-19-29)40(41,42)43/h7-23H,3-6,24-27H2,1-2H3,(H,44,49)(H,45,50)(H,46,48). The first-order valence-corrected chi connectivity index (χ1v) is 16.9. The van der Waals surface area contributed by atoms with E-state index in [2.05, 4.69) is 16.0 Å². The van der Waals surface area contributed by atoms with E-state index in [9.17, 15) is 32.3 Å². The molecule has 0 saturated heterocycles. The SMILES string of the molecule is CCCCNC(=O)C(COC(=O)Cc1ccc(NC(=O)c2ccccc2-c2ccc(C(F)(F)F)cc2)cc1)(C(=O)NCCCC)c1ccccc1. The van der Waals surface area contributed by atoms with Crippen LogP contribution < -0.4 is 16.0 Å². The van der Waals surface area contributed by atoms with Crippen molar-refractivity contribution in [3.8, 4) is 11.1 Å². The lowest BCUT2D eigenvalue weighted by Crippen LogP contribution is -2.58. The first-order chi connectivity index (χ1) is 24.5. The van der Waals surface area contributed by atoms with E-state index in [-0.39, 0.29) is 12.0 Å². The Balaban J connectivity index is 1.46. The summed E-state index contributed by atoms with van der Waals surface area (Å²) in [5, 5.41) is 8.50. The monoisotopic (exact) mass is 701 g/mol. The summed E-state index contributed by atoms with van der Waals surface area (Å²) in [6.07, 6.45) is -1.51. The maximum absolute atomic E-state index is 13.7. The topological polar surface area (TPSA) is 114 Å². The second-order valence-corrected chi connectivity index (χ2v) is 12.1. The number of alkyl halides is 3. The maximum Gasteiger partial charge on any atom is 0.416 e. The highest BCUT2D eigenvalue weighted by Gasteiger charge is 2.48. The fourth-order valence-electron chi connectivity index (χ4n) is 5.44. The minimum Gasteiger partial charge on any atom is -0.463 e. The number of hydrogen-bond donors (Lipinski definition) is 3. The van der Waals surface area contributed by atoms with Gasteiger partial charge in [-0.25, -0.2) is 0 Å². The minimum atomic E-state index is -4.47. The molecule has 8 nitrogen and oxygen atoms in total. The van der Waals surface area contributed by atoms with Gasteiger partial charge in [-0.1, -0.05) is 99.5 Å². The van der Waals surface area contributed by atoms with Crippen LogP contribution >= 0.6 is 0 Å². The number of nitrogens with one attached hydrogen (secondary N) is 3. The minimum absolute atomic E-state index is 0.162. The van der Waals surface area contributed by atoms with Crippen LogP contribution in [0.15, 0.2) is 103 Å². The molecule has 51 heavy (non-hydrogen) atoms. The quantitative estimate of drug-likeness (QED) is 0.0637. The first kappa shape index (κ1) is 38.4. The Labute approximate surface area is 295 Å². The van der Waals surface area contributed by atoms with Gasteiger partial charge in [-0.2, -0.15) is 13.2 Å². The third-order valence-electron chi connectivity index (χ3n) is 8.38. The molecule has 0 aliphatic heterocycles. The summed E-state index contributed by atoms with van der Waals surface area (Å²) in [6, 6.07) is 26.2. The summed E-state index contributed by atoms with van der Waals surface area (Å²) in [5.41, 5.74) is -0.00583. The number of esters is 1. The van der Waals surface area contributed by atoms with E-state index in [0.29, 0.717) is 41.0 Å². The number of rotatable bonds is 16. The predicted molar refractivity (Wildman–Crippen MR) is 190 cm³/mol. The molecule has 4 aromatic rings. The summed E-state index contributed by atoms with van der Waals surface area (Å²) < 4.78 is 44.8. The van der Waals surface area contributed by atoms with Crippen LogP contribution in [0.3, 0.4) is 0 Å². The molecular formula is C40H42F3N3O5. The lowest BCUT2D eigenvalue weighted by atomic mass is 9.79. The van der Waals surface area contributed by atoms with Gasteiger partial charge in [0.15, 0.2) is 5.41 Å². The van der Waals surface area contributed by atoms with Gasteiger partial charge < -0.3 is 20.7 Å². The average Bonchev–Trinajstić information content (AvgIpc) is 3.13. The Morgan fingerprint density at radius 1 is 0.667 bits per heavy atom. The summed E-state index contributed by atoms with van der Waals surface area (Å²) >= 11 is 0. The van der Waals surface area contributed by atoms with Crippen molar-refractivity contribution in [2.45, 2.75) is 57.5 Å². The number of ether oxygens (including phenoxy) is 1. The second kappa shape index (κ2) is 18.0. The molecule has 3 N–H and O–H groups in total. The van der Waals surface area contributed by atoms with E-state index in [1.807, 2.05) is 13.8 Å². The fourth-order valence-corrected chi connectivity index (χ4v) is 5.44. The molecule has 0 aliphatic rings. The molecule has 0 spiro atoms. The van der Waals surface area contributed by atoms with E-state index in [0.717, 1.165) is 37.8 Å². The largest absolute Gasteiger partial charge is 0.463 e. The number of halogens is 3. The van der Waals surface area contributed by atoms with Crippen LogP contribution in [0.4, 0.5) is 18.9 Å². The molecule has 0 unspecified atom stereocenters. The number of carbonyl (C=O) groups excluding carboxylic acids is 4. The maximum atomic E-state index is 13.7. The molecule has 4 aromatic carbocycles. The molecule has 0 radical (unpaired) electrons. The Hall–Kier alpha value is -5.45. The van der Waals surface area contributed by atoms with Crippen molar-refractivity contribution in [3.05, 3.63) is 125 Å². The number of carbonyl (C=O) groups is 4. The molecule has 0 bridgehead atoms. The van der Waals surface area contributed by atoms with Gasteiger partial charge in [0.25, 0.3) is 5.91 Å². The second-order valence-electron chi connectivity index (χ2n) is 12.1. The molecule has 0 aliphatic carbocycles. The van der Waals surface area contributed by atoms with Crippen molar-refractivity contribution in [2.75, 3.05) is 25.0 Å². The van der Waals surface area contributed by atoms with E-state index in [1.165, 1.54) is 12.1 Å². The Bertz CT molecular complexity index is 1750. The molecule has 0 saturated carbocycles. The Morgan fingerprint density at radius 3 is 1.80 bits per heavy atom. The molecule has 0 heterocycles. The molecule has 268 valence electrons. The van der Waals surface area contributed by atoms with Crippen LogP contribution in [0.5, 0.6) is 0 Å². The average molecular weight is 702 g/mol. The zero-order valence-corrected chi connectivity index (χ0v) is 28.6. The number of amides is 3. The van der Waals surface area contributed by atoms with Gasteiger partial charge in [-0.3, -0.25) is 19.2 Å². The molecule has 3 amide bonds. The Kier molecular flexibility index (Phi) is 13.5. The lowest BCUT2D eigenvalue weighted by Gasteiger charge is -2.31. The molecule has 0 fully saturated rings. The molecule has 4 rings (SSSR count). The highest BCUT2D eigenvalue weighted by atomic mass is 19.4. The summed E-state index contributed by atoms with van der Waals surface area (Å²) in [7, 11) is 0. The highest BCUT2D eigenvalue weighted by Crippen LogP contribution is 2.32. The zero-order valence-electron chi connectivity index (χ0n) is 28.6. The van der Waals surface area contributed by atoms with E-state index >= 15 is 0 Å². The van der Waals surface area contributed by atoms with Crippen molar-refractivity contribution in [2.24, 2.45) is 0 Å². The predicted octanol–water partition coefficient (Wildman–Crippen LogP) is 7.48. The van der Waals surface area contributed by atoms with Crippen molar-refractivity contribution >= 4 is 29.4 Å². The zero-order chi connectivity index (χ0) is 36.9. The van der Waals surface area contributed by atoms with Gasteiger partial charge in [0.1, 0.15) is 6.61 Å². The first-order valence-electron chi connectivity index (χ1n) is 16.9. The van der Waals surface area contributed by atoms with E-state index in [1.54, 1.807) is 78.9 Å². The molecular weight excluding hydrogens is 659 g/mol. The summed E-state index contributed by atoms with van der Waals surface area (Å²) in [6.45, 7) is 4.20. The van der Waals surface area contributed by atoms with Gasteiger partial charge >= 0.3 is 12.1 Å². The lowest BCUT2D eigenvalue weighted by molar-refractivity contribution is -0.150. The van der Waals surface area contributed by atoms with Gasteiger partial charge in [0.2, 0.25) is 11.8 Å². The van der Waals surface area contributed by atoms with Gasteiger partial charge in [0.05, 0.1) is 12.0 Å². The third-order valence-corrected chi connectivity index (χ3v) is 8.38. The van der Waals surface area contributed by atoms with Crippen LogP contribution in [0, 0.1) is 0 Å². The van der Waals surface area contributed by atoms with Gasteiger partial charge in [-0.05, 0) is 65.4 Å². The number of anilines is 1. The fraction of sp³-hybridized carbons (Fsp3) is 0.300. The van der Waals surface area contributed by atoms with E-state index < -0.39 is 47.5 Å². The van der Waals surface area contributed by atoms with Crippen molar-refractivity contribution in [1.29, 1.82) is 0 Å². The van der Waals surface area contributed by atoms with Crippen LogP contribution in [-0.4, -0.2) is 43.4 Å². The molecule has 0 aromatic heterocycles. The molecule has 0 atom stereocenters. The number of benzene rings is 4. The van der Waals surface area contributed by atoms with Crippen LogP contribution in [0.2, 0.25) is 0 Å². The number of hydrogen-bond acceptors (Lipinski definition) is 5. The molecule has 11 heteroatoms. The van der Waals surface area contributed by atoms with Crippen LogP contribution in [0.25, 0.3) is 11.1 Å². The Morgan fingerprint density at radius 2 is 1.24 bits per heavy atom. The van der Waals surface area contributed by atoms with Gasteiger partial charge in [0, 0.05) is 24.3 Å². The summed E-state index contributed by atoms with van der Waals surface area (Å²) in [5.74, 6) is -2.22. The van der Waals surface area contributed by atoms with Crippen molar-refractivity contribution in [1.82, 2.24) is 10.6 Å². The highest BCUT2D eigenvalue weighted by molar-refractivity contribution is 6.11. The normalized spacial score (nSPS) is 11.4. The van der Waals surface area contributed by atoms with Crippen molar-refractivity contribution < 1.29 is 37.1 Å². The van der Waals surface area contributed by atoms with Crippen LogP contribution in [0.1, 0.15) is 66.6 Å².